The van der Waals surface area contributed by atoms with Crippen molar-refractivity contribution >= 4 is 38.6 Å². The standard InChI is InChI=1S/C11H16N2O3S3/c1-16-8-3-2-6-13(7-8)19(14,15)10-5-4-9(18-10)11(12)17/h4-5,8H,2-3,6-7H2,1H3,(H2,12,17). The predicted octanol–water partition coefficient (Wildman–Crippen LogP) is 1.18. The smallest absolute Gasteiger partial charge is 0.252 e. The Morgan fingerprint density at radius 2 is 2.32 bits per heavy atom. The molecule has 0 aromatic carbocycles. The summed E-state index contributed by atoms with van der Waals surface area (Å²) in [6.07, 6.45) is 1.68. The van der Waals surface area contributed by atoms with Crippen molar-refractivity contribution in [3.8, 4) is 0 Å². The second-order valence-electron chi connectivity index (χ2n) is 4.35. The highest BCUT2D eigenvalue weighted by Gasteiger charge is 2.31. The van der Waals surface area contributed by atoms with E-state index >= 15 is 0 Å². The van der Waals surface area contributed by atoms with E-state index in [9.17, 15) is 8.42 Å². The fourth-order valence-corrected chi connectivity index (χ4v) is 5.05. The maximum absolute atomic E-state index is 12.5. The van der Waals surface area contributed by atoms with E-state index in [0.29, 0.717) is 18.0 Å². The van der Waals surface area contributed by atoms with Gasteiger partial charge in [-0.1, -0.05) is 12.2 Å². The lowest BCUT2D eigenvalue weighted by Crippen LogP contribution is -2.42. The van der Waals surface area contributed by atoms with Gasteiger partial charge in [0.2, 0.25) is 0 Å². The number of hydrogen-bond donors (Lipinski definition) is 1. The molecule has 0 saturated carbocycles. The van der Waals surface area contributed by atoms with Crippen LogP contribution >= 0.6 is 23.6 Å². The third kappa shape index (κ3) is 3.14. The Morgan fingerprint density at radius 3 is 2.89 bits per heavy atom. The van der Waals surface area contributed by atoms with E-state index in [2.05, 4.69) is 0 Å². The summed E-state index contributed by atoms with van der Waals surface area (Å²) in [7, 11) is -1.85. The lowest BCUT2D eigenvalue weighted by Gasteiger charge is -2.30. The van der Waals surface area contributed by atoms with E-state index in [0.717, 1.165) is 24.2 Å². The van der Waals surface area contributed by atoms with Crippen LogP contribution in [0.1, 0.15) is 17.7 Å². The van der Waals surface area contributed by atoms with Gasteiger partial charge in [0.1, 0.15) is 9.20 Å². The molecule has 0 amide bonds. The van der Waals surface area contributed by atoms with Gasteiger partial charge >= 0.3 is 0 Å². The number of thiophene rings is 1. The van der Waals surface area contributed by atoms with Crippen molar-refractivity contribution in [3.63, 3.8) is 0 Å². The van der Waals surface area contributed by atoms with E-state index in [4.69, 9.17) is 22.7 Å². The average Bonchev–Trinajstić information content (AvgIpc) is 2.89. The summed E-state index contributed by atoms with van der Waals surface area (Å²) < 4.78 is 32.0. The maximum atomic E-state index is 12.5. The first-order valence-electron chi connectivity index (χ1n) is 5.87. The van der Waals surface area contributed by atoms with Crippen LogP contribution in [-0.2, 0) is 14.8 Å². The van der Waals surface area contributed by atoms with Crippen LogP contribution in [0.2, 0.25) is 0 Å². The SMILES string of the molecule is COC1CCCN(S(=O)(=O)c2ccc(C(N)=S)s2)C1. The summed E-state index contributed by atoms with van der Waals surface area (Å²) >= 11 is 5.97. The van der Waals surface area contributed by atoms with Crippen LogP contribution in [-0.4, -0.2) is 44.0 Å². The Labute approximate surface area is 122 Å². The number of ether oxygens (including phenoxy) is 1. The van der Waals surface area contributed by atoms with Gasteiger partial charge in [0, 0.05) is 20.2 Å². The Balaban J connectivity index is 2.23. The largest absolute Gasteiger partial charge is 0.389 e. The van der Waals surface area contributed by atoms with E-state index in [1.807, 2.05) is 0 Å². The lowest BCUT2D eigenvalue weighted by atomic mass is 10.1. The highest BCUT2D eigenvalue weighted by Crippen LogP contribution is 2.27. The molecule has 1 aliphatic rings. The molecule has 2 heterocycles. The zero-order chi connectivity index (χ0) is 14.0. The minimum atomic E-state index is -3.46. The van der Waals surface area contributed by atoms with Crippen LogP contribution in [0.5, 0.6) is 0 Å². The summed E-state index contributed by atoms with van der Waals surface area (Å²) in [6, 6.07) is 3.21. The number of rotatable bonds is 4. The van der Waals surface area contributed by atoms with Crippen molar-refractivity contribution in [1.82, 2.24) is 4.31 Å². The molecule has 1 unspecified atom stereocenters. The fourth-order valence-electron chi connectivity index (χ4n) is 2.03. The second kappa shape index (κ2) is 5.84. The van der Waals surface area contributed by atoms with Gasteiger partial charge in [-0.25, -0.2) is 8.42 Å². The van der Waals surface area contributed by atoms with E-state index in [1.54, 1.807) is 19.2 Å². The van der Waals surface area contributed by atoms with Crippen molar-refractivity contribution in [3.05, 3.63) is 17.0 Å². The molecule has 1 fully saturated rings. The third-order valence-electron chi connectivity index (χ3n) is 3.09. The summed E-state index contributed by atoms with van der Waals surface area (Å²) in [6.45, 7) is 0.932. The molecule has 19 heavy (non-hydrogen) atoms. The van der Waals surface area contributed by atoms with Gasteiger partial charge in [0.15, 0.2) is 0 Å². The molecule has 1 atom stereocenters. The molecular weight excluding hydrogens is 304 g/mol. The van der Waals surface area contributed by atoms with Gasteiger partial charge in [-0.3, -0.25) is 0 Å². The molecular formula is C11H16N2O3S3. The molecule has 5 nitrogen and oxygen atoms in total. The summed E-state index contributed by atoms with van der Waals surface area (Å²) in [5, 5.41) is 0. The van der Waals surface area contributed by atoms with Gasteiger partial charge in [-0.15, -0.1) is 11.3 Å². The van der Waals surface area contributed by atoms with Crippen LogP contribution in [0.15, 0.2) is 16.3 Å². The quantitative estimate of drug-likeness (QED) is 0.844. The summed E-state index contributed by atoms with van der Waals surface area (Å²) in [4.78, 5) is 0.841. The van der Waals surface area contributed by atoms with Gasteiger partial charge in [-0.05, 0) is 25.0 Å². The molecule has 1 aromatic heterocycles. The highest BCUT2D eigenvalue weighted by molar-refractivity contribution is 7.91. The predicted molar refractivity (Wildman–Crippen MR) is 79.0 cm³/mol. The Morgan fingerprint density at radius 1 is 1.58 bits per heavy atom. The lowest BCUT2D eigenvalue weighted by molar-refractivity contribution is 0.0572. The summed E-state index contributed by atoms with van der Waals surface area (Å²) in [5.41, 5.74) is 5.51. The average molecular weight is 320 g/mol. The van der Waals surface area contributed by atoms with Gasteiger partial charge in [0.05, 0.1) is 11.0 Å². The number of methoxy groups -OCH3 is 1. The van der Waals surface area contributed by atoms with E-state index in [1.165, 1.54) is 4.31 Å². The molecule has 106 valence electrons. The minimum Gasteiger partial charge on any atom is -0.389 e. The Hall–Kier alpha value is -0.540. The molecule has 1 aromatic rings. The normalized spacial score (nSPS) is 21.4. The Kier molecular flexibility index (Phi) is 4.57. The van der Waals surface area contributed by atoms with Gasteiger partial charge in [0.25, 0.3) is 10.0 Å². The minimum absolute atomic E-state index is 0.0291. The number of nitrogens with two attached hydrogens (primary N) is 1. The number of hydrogen-bond acceptors (Lipinski definition) is 5. The van der Waals surface area contributed by atoms with Crippen LogP contribution < -0.4 is 5.73 Å². The molecule has 1 saturated heterocycles. The fraction of sp³-hybridized carbons (Fsp3) is 0.545. The van der Waals surface area contributed by atoms with Crippen molar-refractivity contribution < 1.29 is 13.2 Å². The van der Waals surface area contributed by atoms with E-state index < -0.39 is 10.0 Å². The molecule has 0 bridgehead atoms. The van der Waals surface area contributed by atoms with Crippen molar-refractivity contribution in [2.45, 2.75) is 23.2 Å². The second-order valence-corrected chi connectivity index (χ2v) is 8.03. The molecule has 8 heteroatoms. The first-order valence-corrected chi connectivity index (χ1v) is 8.54. The molecule has 2 rings (SSSR count). The highest BCUT2D eigenvalue weighted by atomic mass is 32.2. The molecule has 2 N–H and O–H groups in total. The van der Waals surface area contributed by atoms with Gasteiger partial charge < -0.3 is 10.5 Å². The molecule has 0 aliphatic carbocycles. The van der Waals surface area contributed by atoms with Crippen LogP contribution in [0.25, 0.3) is 0 Å². The zero-order valence-corrected chi connectivity index (χ0v) is 13.0. The Bertz CT molecular complexity index is 567. The van der Waals surface area contributed by atoms with Gasteiger partial charge in [-0.2, -0.15) is 4.31 Å². The van der Waals surface area contributed by atoms with Crippen LogP contribution in [0.3, 0.4) is 0 Å². The van der Waals surface area contributed by atoms with Crippen molar-refractivity contribution in [2.24, 2.45) is 5.73 Å². The zero-order valence-electron chi connectivity index (χ0n) is 10.5. The molecule has 0 radical (unpaired) electrons. The number of nitrogens with zero attached hydrogens (tertiary/aromatic N) is 1. The van der Waals surface area contributed by atoms with Crippen LogP contribution in [0, 0.1) is 0 Å². The topological polar surface area (TPSA) is 72.6 Å². The maximum Gasteiger partial charge on any atom is 0.252 e. The van der Waals surface area contributed by atoms with E-state index in [-0.39, 0.29) is 15.3 Å². The third-order valence-corrected chi connectivity index (χ3v) is 6.89. The monoisotopic (exact) mass is 320 g/mol. The summed E-state index contributed by atoms with van der Waals surface area (Å²) in [5.74, 6) is 0. The number of thiocarbonyl (C=S) groups is 1. The number of piperidine rings is 1. The number of sulfonamides is 1. The first-order chi connectivity index (χ1) is 8.95. The molecule has 1 aliphatic heterocycles. The van der Waals surface area contributed by atoms with Crippen LogP contribution in [0.4, 0.5) is 0 Å². The van der Waals surface area contributed by atoms with Crippen molar-refractivity contribution in [1.29, 1.82) is 0 Å². The molecule has 0 spiro atoms. The first kappa shape index (κ1) is 14.9. The van der Waals surface area contributed by atoms with Crippen molar-refractivity contribution in [2.75, 3.05) is 20.2 Å².